The van der Waals surface area contributed by atoms with Crippen LogP contribution in [0, 0.1) is 5.92 Å². The molecule has 4 nitrogen and oxygen atoms in total. The highest BCUT2D eigenvalue weighted by Gasteiger charge is 2.33. The Balaban J connectivity index is 1.88. The van der Waals surface area contributed by atoms with Crippen LogP contribution < -0.4 is 5.32 Å². The summed E-state index contributed by atoms with van der Waals surface area (Å²) in [6, 6.07) is 7.10. The molecule has 1 N–H and O–H groups in total. The Morgan fingerprint density at radius 2 is 2.17 bits per heavy atom. The second-order valence-electron chi connectivity index (χ2n) is 6.53. The molecule has 1 aromatic carbocycles. The Kier molecular flexibility index (Phi) is 6.46. The van der Waals surface area contributed by atoms with E-state index in [4.69, 9.17) is 11.6 Å². The maximum Gasteiger partial charge on any atom is 0.243 e. The first kappa shape index (κ1) is 17.8. The first-order chi connectivity index (χ1) is 11.0. The van der Waals surface area contributed by atoms with Gasteiger partial charge < -0.3 is 10.2 Å². The number of rotatable bonds is 6. The van der Waals surface area contributed by atoms with Crippen molar-refractivity contribution in [2.75, 3.05) is 6.54 Å². The molecule has 1 aliphatic rings. The zero-order valence-electron chi connectivity index (χ0n) is 13.8. The highest BCUT2D eigenvalue weighted by molar-refractivity contribution is 6.30. The molecule has 0 unspecified atom stereocenters. The highest BCUT2D eigenvalue weighted by atomic mass is 35.5. The fourth-order valence-corrected chi connectivity index (χ4v) is 3.06. The topological polar surface area (TPSA) is 49.4 Å². The lowest BCUT2D eigenvalue weighted by atomic mass is 10.1. The number of hydrogen-bond acceptors (Lipinski definition) is 2. The van der Waals surface area contributed by atoms with Crippen LogP contribution in [-0.2, 0) is 16.1 Å². The molecular formula is C18H25ClN2O2. The molecule has 0 radical (unpaired) electrons. The van der Waals surface area contributed by atoms with Crippen LogP contribution in [-0.4, -0.2) is 29.3 Å². The van der Waals surface area contributed by atoms with Crippen molar-refractivity contribution in [1.29, 1.82) is 0 Å². The Labute approximate surface area is 143 Å². The molecule has 1 saturated heterocycles. The van der Waals surface area contributed by atoms with Gasteiger partial charge in [-0.3, -0.25) is 9.59 Å². The Morgan fingerprint density at radius 1 is 1.39 bits per heavy atom. The van der Waals surface area contributed by atoms with Gasteiger partial charge in [0.05, 0.1) is 0 Å². The van der Waals surface area contributed by atoms with Crippen LogP contribution in [0.5, 0.6) is 0 Å². The molecule has 5 heteroatoms. The number of carbonyl (C=O) groups is 2. The molecule has 126 valence electrons. The summed E-state index contributed by atoms with van der Waals surface area (Å²) in [5.41, 5.74) is 0.960. The van der Waals surface area contributed by atoms with Crippen molar-refractivity contribution in [3.8, 4) is 0 Å². The smallest absolute Gasteiger partial charge is 0.243 e. The van der Waals surface area contributed by atoms with Crippen molar-refractivity contribution in [3.63, 3.8) is 0 Å². The number of nitrogens with one attached hydrogen (secondary N) is 1. The van der Waals surface area contributed by atoms with Crippen molar-refractivity contribution in [2.45, 2.75) is 52.1 Å². The van der Waals surface area contributed by atoms with Gasteiger partial charge in [-0.2, -0.15) is 0 Å². The zero-order chi connectivity index (χ0) is 16.8. The molecule has 1 atom stereocenters. The van der Waals surface area contributed by atoms with Crippen molar-refractivity contribution in [2.24, 2.45) is 5.92 Å². The molecule has 0 aromatic heterocycles. The van der Waals surface area contributed by atoms with Gasteiger partial charge >= 0.3 is 0 Å². The largest absolute Gasteiger partial charge is 0.350 e. The summed E-state index contributed by atoms with van der Waals surface area (Å²) >= 11 is 5.95. The molecule has 1 fully saturated rings. The Hall–Kier alpha value is -1.55. The minimum Gasteiger partial charge on any atom is -0.350 e. The van der Waals surface area contributed by atoms with Gasteiger partial charge in [0.2, 0.25) is 11.8 Å². The van der Waals surface area contributed by atoms with Crippen molar-refractivity contribution >= 4 is 23.4 Å². The summed E-state index contributed by atoms with van der Waals surface area (Å²) in [7, 11) is 0. The number of carbonyl (C=O) groups excluding carboxylic acids is 2. The molecule has 1 heterocycles. The molecule has 0 bridgehead atoms. The predicted molar refractivity (Wildman–Crippen MR) is 92.1 cm³/mol. The number of halogens is 1. The van der Waals surface area contributed by atoms with E-state index in [1.165, 1.54) is 0 Å². The standard InChI is InChI=1S/C18H25ClN2O2/c1-13(2)8-9-17(22)21-10-4-7-16(21)18(23)20-12-14-5-3-6-15(19)11-14/h3,5-6,11,13,16H,4,7-10,12H2,1-2H3,(H,20,23)/t16-/m0/s1. The van der Waals surface area contributed by atoms with E-state index in [0.29, 0.717) is 30.5 Å². The Morgan fingerprint density at radius 3 is 2.87 bits per heavy atom. The van der Waals surface area contributed by atoms with E-state index in [0.717, 1.165) is 24.8 Å². The van der Waals surface area contributed by atoms with E-state index in [9.17, 15) is 9.59 Å². The van der Waals surface area contributed by atoms with Gasteiger partial charge in [0.25, 0.3) is 0 Å². The van der Waals surface area contributed by atoms with Crippen LogP contribution in [0.1, 0.15) is 45.1 Å². The average molecular weight is 337 g/mol. The zero-order valence-corrected chi connectivity index (χ0v) is 14.6. The quantitative estimate of drug-likeness (QED) is 0.865. The minimum atomic E-state index is -0.325. The van der Waals surface area contributed by atoms with E-state index in [-0.39, 0.29) is 17.9 Å². The fourth-order valence-electron chi connectivity index (χ4n) is 2.85. The summed E-state index contributed by atoms with van der Waals surface area (Å²) in [4.78, 5) is 26.5. The van der Waals surface area contributed by atoms with Crippen molar-refractivity contribution < 1.29 is 9.59 Å². The second kappa shape index (κ2) is 8.34. The van der Waals surface area contributed by atoms with Gasteiger partial charge in [0.1, 0.15) is 6.04 Å². The molecule has 2 amide bonds. The second-order valence-corrected chi connectivity index (χ2v) is 6.96. The molecule has 2 rings (SSSR count). The van der Waals surface area contributed by atoms with Gasteiger partial charge in [-0.1, -0.05) is 37.6 Å². The summed E-state index contributed by atoms with van der Waals surface area (Å²) < 4.78 is 0. The number of amides is 2. The fraction of sp³-hybridized carbons (Fsp3) is 0.556. The summed E-state index contributed by atoms with van der Waals surface area (Å²) in [6.07, 6.45) is 3.03. The normalized spacial score (nSPS) is 17.6. The lowest BCUT2D eigenvalue weighted by Crippen LogP contribution is -2.45. The van der Waals surface area contributed by atoms with Crippen LogP contribution in [0.4, 0.5) is 0 Å². The lowest BCUT2D eigenvalue weighted by Gasteiger charge is -2.24. The van der Waals surface area contributed by atoms with E-state index in [1.54, 1.807) is 11.0 Å². The maximum absolute atomic E-state index is 12.4. The molecule has 0 aliphatic carbocycles. The number of hydrogen-bond donors (Lipinski definition) is 1. The van der Waals surface area contributed by atoms with E-state index >= 15 is 0 Å². The van der Waals surface area contributed by atoms with Crippen LogP contribution in [0.3, 0.4) is 0 Å². The first-order valence-corrected chi connectivity index (χ1v) is 8.67. The van der Waals surface area contributed by atoms with Gasteiger partial charge in [-0.05, 0) is 42.9 Å². The van der Waals surface area contributed by atoms with Gasteiger partial charge in [-0.15, -0.1) is 0 Å². The van der Waals surface area contributed by atoms with Gasteiger partial charge in [-0.25, -0.2) is 0 Å². The summed E-state index contributed by atoms with van der Waals surface area (Å²) in [6.45, 7) is 5.33. The van der Waals surface area contributed by atoms with Gasteiger partial charge in [0.15, 0.2) is 0 Å². The van der Waals surface area contributed by atoms with Crippen LogP contribution in [0.15, 0.2) is 24.3 Å². The average Bonchev–Trinajstić information content (AvgIpc) is 3.00. The number of nitrogens with zero attached hydrogens (tertiary/aromatic N) is 1. The van der Waals surface area contributed by atoms with Crippen molar-refractivity contribution in [3.05, 3.63) is 34.9 Å². The monoisotopic (exact) mass is 336 g/mol. The molecule has 23 heavy (non-hydrogen) atoms. The van der Waals surface area contributed by atoms with Gasteiger partial charge in [0, 0.05) is 24.5 Å². The molecule has 0 saturated carbocycles. The summed E-state index contributed by atoms with van der Waals surface area (Å²) in [5.74, 6) is 0.524. The van der Waals surface area contributed by atoms with Crippen LogP contribution in [0.25, 0.3) is 0 Å². The van der Waals surface area contributed by atoms with Crippen LogP contribution >= 0.6 is 11.6 Å². The van der Waals surface area contributed by atoms with E-state index in [2.05, 4.69) is 19.2 Å². The SMILES string of the molecule is CC(C)CCC(=O)N1CCC[C@H]1C(=O)NCc1cccc(Cl)c1. The van der Waals surface area contributed by atoms with E-state index in [1.807, 2.05) is 18.2 Å². The predicted octanol–water partition coefficient (Wildman–Crippen LogP) is 3.38. The van der Waals surface area contributed by atoms with Crippen molar-refractivity contribution in [1.82, 2.24) is 10.2 Å². The van der Waals surface area contributed by atoms with E-state index < -0.39 is 0 Å². The number of likely N-dealkylation sites (tertiary alicyclic amines) is 1. The first-order valence-electron chi connectivity index (χ1n) is 8.29. The molecule has 0 spiro atoms. The molecule has 1 aromatic rings. The lowest BCUT2D eigenvalue weighted by molar-refractivity contribution is -0.138. The third kappa shape index (κ3) is 5.24. The van der Waals surface area contributed by atoms with Crippen LogP contribution in [0.2, 0.25) is 5.02 Å². The summed E-state index contributed by atoms with van der Waals surface area (Å²) in [5, 5.41) is 3.58. The maximum atomic E-state index is 12.4. The molecule has 1 aliphatic heterocycles. The Bertz CT molecular complexity index is 560. The third-order valence-electron chi connectivity index (χ3n) is 4.17. The molecular weight excluding hydrogens is 312 g/mol. The third-order valence-corrected chi connectivity index (χ3v) is 4.40. The minimum absolute atomic E-state index is 0.0691. The highest BCUT2D eigenvalue weighted by Crippen LogP contribution is 2.20. The number of benzene rings is 1.